The Morgan fingerprint density at radius 3 is 2.33 bits per heavy atom. The Balaban J connectivity index is 0.000000659. The molecule has 1 aromatic carbocycles. The molecule has 0 spiro atoms. The summed E-state index contributed by atoms with van der Waals surface area (Å²) in [6.45, 7) is 8.00. The third kappa shape index (κ3) is 3.87. The van der Waals surface area contributed by atoms with Crippen molar-refractivity contribution in [3.8, 4) is 0 Å². The Morgan fingerprint density at radius 1 is 1.22 bits per heavy atom. The maximum Gasteiger partial charge on any atom is 0.316 e. The van der Waals surface area contributed by atoms with Crippen LogP contribution in [0.25, 0.3) is 0 Å². The van der Waals surface area contributed by atoms with Crippen LogP contribution in [-0.4, -0.2) is 17.0 Å². The lowest BCUT2D eigenvalue weighted by atomic mass is 9.93. The molecule has 1 heterocycles. The zero-order chi connectivity index (χ0) is 14.1. The van der Waals surface area contributed by atoms with Crippen molar-refractivity contribution in [3.63, 3.8) is 0 Å². The van der Waals surface area contributed by atoms with Crippen molar-refractivity contribution in [2.75, 3.05) is 5.32 Å². The van der Waals surface area contributed by atoms with Gasteiger partial charge in [-0.3, -0.25) is 9.59 Å². The molecule has 1 unspecified atom stereocenters. The van der Waals surface area contributed by atoms with Gasteiger partial charge < -0.3 is 10.4 Å². The highest BCUT2D eigenvalue weighted by Gasteiger charge is 2.31. The normalized spacial score (nSPS) is 16.0. The quantitative estimate of drug-likeness (QED) is 0.754. The monoisotopic (exact) mass is 251 g/mol. The van der Waals surface area contributed by atoms with Gasteiger partial charge in [0.1, 0.15) is 5.92 Å². The Morgan fingerprint density at radius 2 is 1.78 bits per heavy atom. The van der Waals surface area contributed by atoms with Crippen molar-refractivity contribution in [1.29, 1.82) is 0 Å². The van der Waals surface area contributed by atoms with Gasteiger partial charge in [0, 0.05) is 5.69 Å². The van der Waals surface area contributed by atoms with Crippen LogP contribution in [0, 0.1) is 5.92 Å². The third-order valence-electron chi connectivity index (χ3n) is 2.31. The second kappa shape index (κ2) is 8.28. The summed E-state index contributed by atoms with van der Waals surface area (Å²) in [5.41, 5.74) is 1.59. The fourth-order valence-electron chi connectivity index (χ4n) is 1.55. The van der Waals surface area contributed by atoms with Crippen molar-refractivity contribution in [3.05, 3.63) is 29.8 Å². The molecule has 2 rings (SSSR count). The van der Waals surface area contributed by atoms with Crippen LogP contribution in [0.3, 0.4) is 0 Å². The molecule has 1 aromatic rings. The van der Waals surface area contributed by atoms with E-state index in [9.17, 15) is 9.59 Å². The molecule has 0 saturated heterocycles. The summed E-state index contributed by atoms with van der Waals surface area (Å²) in [5.74, 6) is -2.46. The fraction of sp³-hybridized carbons (Fsp3) is 0.429. The zero-order valence-corrected chi connectivity index (χ0v) is 11.4. The number of rotatable bonds is 1. The van der Waals surface area contributed by atoms with Gasteiger partial charge in [-0.2, -0.15) is 0 Å². The second-order valence-electron chi connectivity index (χ2n) is 3.24. The summed E-state index contributed by atoms with van der Waals surface area (Å²) in [6, 6.07) is 7.23. The molecule has 18 heavy (non-hydrogen) atoms. The van der Waals surface area contributed by atoms with E-state index in [-0.39, 0.29) is 6.42 Å². The van der Waals surface area contributed by atoms with E-state index in [1.165, 1.54) is 0 Å². The van der Waals surface area contributed by atoms with E-state index in [1.54, 1.807) is 12.1 Å². The molecule has 0 bridgehead atoms. The van der Waals surface area contributed by atoms with Crippen molar-refractivity contribution >= 4 is 17.6 Å². The molecule has 1 amide bonds. The fourth-order valence-corrected chi connectivity index (χ4v) is 1.55. The van der Waals surface area contributed by atoms with E-state index in [0.29, 0.717) is 0 Å². The minimum atomic E-state index is -1.07. The summed E-state index contributed by atoms with van der Waals surface area (Å²) in [4.78, 5) is 22.0. The number of carbonyl (C=O) groups is 2. The SMILES string of the molecule is CC.CC.O=C(O)C1Cc2ccccc2NC1=O. The predicted molar refractivity (Wildman–Crippen MR) is 72.6 cm³/mol. The molecule has 100 valence electrons. The summed E-state index contributed by atoms with van der Waals surface area (Å²) >= 11 is 0. The predicted octanol–water partition coefficient (Wildman–Crippen LogP) is 2.93. The van der Waals surface area contributed by atoms with Gasteiger partial charge in [0.2, 0.25) is 5.91 Å². The topological polar surface area (TPSA) is 66.4 Å². The van der Waals surface area contributed by atoms with E-state index in [4.69, 9.17) is 5.11 Å². The number of hydrogen-bond acceptors (Lipinski definition) is 2. The minimum absolute atomic E-state index is 0.275. The first-order valence-electron chi connectivity index (χ1n) is 6.30. The van der Waals surface area contributed by atoms with Crippen LogP contribution < -0.4 is 5.32 Å². The van der Waals surface area contributed by atoms with E-state index < -0.39 is 17.8 Å². The Bertz CT molecular complexity index is 402. The second-order valence-corrected chi connectivity index (χ2v) is 3.24. The summed E-state index contributed by atoms with van der Waals surface area (Å²) < 4.78 is 0. The van der Waals surface area contributed by atoms with Gasteiger partial charge >= 0.3 is 5.97 Å². The first kappa shape index (κ1) is 16.2. The van der Waals surface area contributed by atoms with Crippen LogP contribution in [0.1, 0.15) is 33.3 Å². The number of carbonyl (C=O) groups excluding carboxylic acids is 1. The molecule has 0 fully saturated rings. The van der Waals surface area contributed by atoms with Gasteiger partial charge in [-0.25, -0.2) is 0 Å². The Labute approximate surface area is 108 Å². The molecule has 1 aliphatic rings. The van der Waals surface area contributed by atoms with E-state index >= 15 is 0 Å². The van der Waals surface area contributed by atoms with Crippen molar-refractivity contribution < 1.29 is 14.7 Å². The van der Waals surface area contributed by atoms with Crippen LogP contribution in [-0.2, 0) is 16.0 Å². The first-order chi connectivity index (χ1) is 8.68. The maximum atomic E-state index is 11.3. The molecule has 4 heteroatoms. The molecule has 0 radical (unpaired) electrons. The first-order valence-corrected chi connectivity index (χ1v) is 6.30. The third-order valence-corrected chi connectivity index (χ3v) is 2.31. The highest BCUT2D eigenvalue weighted by molar-refractivity contribution is 6.06. The summed E-state index contributed by atoms with van der Waals surface area (Å²) in [5, 5.41) is 11.3. The van der Waals surface area contributed by atoms with Gasteiger partial charge in [-0.1, -0.05) is 45.9 Å². The lowest BCUT2D eigenvalue weighted by Crippen LogP contribution is -2.35. The van der Waals surface area contributed by atoms with Crippen LogP contribution in [0.4, 0.5) is 5.69 Å². The number of nitrogens with one attached hydrogen (secondary N) is 1. The summed E-state index contributed by atoms with van der Waals surface area (Å²) in [6.07, 6.45) is 0.275. The standard InChI is InChI=1S/C10H9NO3.2C2H6/c12-9-7(10(13)14)5-6-3-1-2-4-8(6)11-9;2*1-2/h1-4,7H,5H2,(H,11,12)(H,13,14);2*1-2H3. The van der Waals surface area contributed by atoms with E-state index in [0.717, 1.165) is 11.3 Å². The molecule has 4 nitrogen and oxygen atoms in total. The molecule has 0 aromatic heterocycles. The number of fused-ring (bicyclic) bond motifs is 1. The van der Waals surface area contributed by atoms with Gasteiger partial charge in [0.25, 0.3) is 0 Å². The highest BCUT2D eigenvalue weighted by Crippen LogP contribution is 2.24. The van der Waals surface area contributed by atoms with Gasteiger partial charge in [0.05, 0.1) is 0 Å². The lowest BCUT2D eigenvalue weighted by molar-refractivity contribution is -0.145. The Hall–Kier alpha value is -1.84. The maximum absolute atomic E-state index is 11.3. The number of anilines is 1. The number of hydrogen-bond donors (Lipinski definition) is 2. The molecule has 1 atom stereocenters. The van der Waals surface area contributed by atoms with Crippen molar-refractivity contribution in [2.24, 2.45) is 5.92 Å². The number of aliphatic carboxylic acids is 1. The molecule has 0 saturated carbocycles. The average molecular weight is 251 g/mol. The minimum Gasteiger partial charge on any atom is -0.481 e. The number of amides is 1. The highest BCUT2D eigenvalue weighted by atomic mass is 16.4. The van der Waals surface area contributed by atoms with Gasteiger partial charge in [-0.05, 0) is 18.1 Å². The Kier molecular flexibility index (Phi) is 7.43. The summed E-state index contributed by atoms with van der Waals surface area (Å²) in [7, 11) is 0. The van der Waals surface area contributed by atoms with E-state index in [1.807, 2.05) is 39.8 Å². The van der Waals surface area contributed by atoms with Gasteiger partial charge in [-0.15, -0.1) is 0 Å². The average Bonchev–Trinajstić information content (AvgIpc) is 2.42. The van der Waals surface area contributed by atoms with Crippen molar-refractivity contribution in [2.45, 2.75) is 34.1 Å². The lowest BCUT2D eigenvalue weighted by Gasteiger charge is -2.21. The van der Waals surface area contributed by atoms with E-state index in [2.05, 4.69) is 5.32 Å². The molecular formula is C14H21NO3. The molecule has 2 N–H and O–H groups in total. The number of para-hydroxylation sites is 1. The smallest absolute Gasteiger partial charge is 0.316 e. The van der Waals surface area contributed by atoms with Crippen LogP contribution >= 0.6 is 0 Å². The van der Waals surface area contributed by atoms with Gasteiger partial charge in [0.15, 0.2) is 0 Å². The number of carboxylic acids is 1. The van der Waals surface area contributed by atoms with Crippen molar-refractivity contribution in [1.82, 2.24) is 0 Å². The largest absolute Gasteiger partial charge is 0.481 e. The van der Waals surface area contributed by atoms with Crippen LogP contribution in [0.15, 0.2) is 24.3 Å². The van der Waals surface area contributed by atoms with Crippen LogP contribution in [0.5, 0.6) is 0 Å². The van der Waals surface area contributed by atoms with Crippen LogP contribution in [0.2, 0.25) is 0 Å². The zero-order valence-electron chi connectivity index (χ0n) is 11.4. The molecule has 0 aliphatic carbocycles. The number of carboxylic acid groups (broad SMARTS) is 1. The molecular weight excluding hydrogens is 230 g/mol. The number of benzene rings is 1. The molecule has 1 aliphatic heterocycles.